The molecule has 0 aromatic heterocycles. The SMILES string of the molecule is CCCCCCCCCC(=O)OC[C@H](COP(=O)(O)OC[C@H](O)COP(=O)(O)OC[C@@H](COC(=O)CCCCCCCCCCCCCCCC(C)C)OC(=O)CCCCCCCCCCCCCCCCCCC(C)C)OC(=O)CCCCCCCCCCC(C)C. The van der Waals surface area contributed by atoms with Crippen LogP contribution in [0.5, 0.6) is 0 Å². The van der Waals surface area contributed by atoms with E-state index in [1.54, 1.807) is 0 Å². The molecule has 93 heavy (non-hydrogen) atoms. The number of carbonyl (C=O) groups excluding carboxylic acids is 4. The van der Waals surface area contributed by atoms with Gasteiger partial charge in [-0.05, 0) is 43.4 Å². The summed E-state index contributed by atoms with van der Waals surface area (Å²) in [5.74, 6) is 0.192. The maximum absolute atomic E-state index is 13.1. The summed E-state index contributed by atoms with van der Waals surface area (Å²) < 4.78 is 68.3. The number of unbranched alkanes of at least 4 members (excludes halogenated alkanes) is 40. The van der Waals surface area contributed by atoms with E-state index in [1.807, 2.05) is 0 Å². The van der Waals surface area contributed by atoms with Crippen molar-refractivity contribution in [3.63, 3.8) is 0 Å². The monoisotopic (exact) mass is 1370 g/mol. The minimum atomic E-state index is -4.96. The molecule has 0 radical (unpaired) electrons. The molecule has 0 aliphatic carbocycles. The van der Waals surface area contributed by atoms with E-state index in [0.717, 1.165) is 120 Å². The Morgan fingerprint density at radius 3 is 0.731 bits per heavy atom. The van der Waals surface area contributed by atoms with Gasteiger partial charge in [-0.2, -0.15) is 0 Å². The molecule has 2 unspecified atom stereocenters. The van der Waals surface area contributed by atoms with Gasteiger partial charge in [-0.15, -0.1) is 0 Å². The molecule has 0 bridgehead atoms. The average Bonchev–Trinajstić information content (AvgIpc) is 1.55. The van der Waals surface area contributed by atoms with E-state index in [1.165, 1.54) is 173 Å². The van der Waals surface area contributed by atoms with E-state index < -0.39 is 97.5 Å². The Balaban J connectivity index is 5.19. The Morgan fingerprint density at radius 2 is 0.495 bits per heavy atom. The van der Waals surface area contributed by atoms with Gasteiger partial charge in [0.05, 0.1) is 26.4 Å². The van der Waals surface area contributed by atoms with Crippen molar-refractivity contribution in [1.82, 2.24) is 0 Å². The molecule has 0 rings (SSSR count). The van der Waals surface area contributed by atoms with Crippen molar-refractivity contribution < 1.29 is 80.2 Å². The third kappa shape index (κ3) is 68.4. The molecule has 3 N–H and O–H groups in total. The highest BCUT2D eigenvalue weighted by Crippen LogP contribution is 2.45. The van der Waals surface area contributed by atoms with E-state index in [0.29, 0.717) is 25.7 Å². The molecule has 0 aliphatic rings. The molecule has 0 aromatic rings. The van der Waals surface area contributed by atoms with Gasteiger partial charge in [-0.1, -0.05) is 325 Å². The molecule has 17 nitrogen and oxygen atoms in total. The summed E-state index contributed by atoms with van der Waals surface area (Å²) in [6, 6.07) is 0. The van der Waals surface area contributed by atoms with Crippen LogP contribution in [0.15, 0.2) is 0 Å². The zero-order valence-corrected chi connectivity index (χ0v) is 62.5. The lowest BCUT2D eigenvalue weighted by molar-refractivity contribution is -0.161. The predicted molar refractivity (Wildman–Crippen MR) is 377 cm³/mol. The highest BCUT2D eigenvalue weighted by atomic mass is 31.2. The number of hydrogen-bond acceptors (Lipinski definition) is 15. The van der Waals surface area contributed by atoms with Gasteiger partial charge in [-0.3, -0.25) is 37.3 Å². The Morgan fingerprint density at radius 1 is 0.290 bits per heavy atom. The first kappa shape index (κ1) is 91.1. The van der Waals surface area contributed by atoms with Crippen LogP contribution in [-0.2, 0) is 65.4 Å². The van der Waals surface area contributed by atoms with Crippen LogP contribution in [0.25, 0.3) is 0 Å². The van der Waals surface area contributed by atoms with Crippen LogP contribution in [0, 0.1) is 17.8 Å². The van der Waals surface area contributed by atoms with E-state index in [-0.39, 0.29) is 25.7 Å². The topological polar surface area (TPSA) is 237 Å². The number of phosphoric ester groups is 2. The zero-order chi connectivity index (χ0) is 68.7. The number of carbonyl (C=O) groups is 4. The van der Waals surface area contributed by atoms with Crippen molar-refractivity contribution in [3.05, 3.63) is 0 Å². The second kappa shape index (κ2) is 64.7. The molecule has 0 fully saturated rings. The Bertz CT molecular complexity index is 1820. The summed E-state index contributed by atoms with van der Waals surface area (Å²) >= 11 is 0. The maximum atomic E-state index is 13.1. The van der Waals surface area contributed by atoms with E-state index in [9.17, 15) is 43.2 Å². The van der Waals surface area contributed by atoms with Crippen LogP contribution >= 0.6 is 15.6 Å². The van der Waals surface area contributed by atoms with Crippen molar-refractivity contribution in [2.75, 3.05) is 39.6 Å². The molecule has 0 saturated heterocycles. The number of hydrogen-bond donors (Lipinski definition) is 3. The second-order valence-electron chi connectivity index (χ2n) is 28.1. The molecular formula is C74H144O17P2. The second-order valence-corrected chi connectivity index (χ2v) is 31.0. The predicted octanol–water partition coefficient (Wildman–Crippen LogP) is 21.4. The van der Waals surface area contributed by atoms with Crippen molar-refractivity contribution in [1.29, 1.82) is 0 Å². The Hall–Kier alpha value is -1.94. The van der Waals surface area contributed by atoms with Gasteiger partial charge in [0, 0.05) is 25.7 Å². The number of ether oxygens (including phenoxy) is 4. The van der Waals surface area contributed by atoms with Gasteiger partial charge < -0.3 is 33.8 Å². The van der Waals surface area contributed by atoms with Gasteiger partial charge in [-0.25, -0.2) is 9.13 Å². The molecule has 5 atom stereocenters. The van der Waals surface area contributed by atoms with Crippen LogP contribution < -0.4 is 0 Å². The third-order valence-corrected chi connectivity index (χ3v) is 19.0. The lowest BCUT2D eigenvalue weighted by atomic mass is 10.0. The molecular weight excluding hydrogens is 1220 g/mol. The van der Waals surface area contributed by atoms with Crippen molar-refractivity contribution >= 4 is 39.5 Å². The number of esters is 4. The van der Waals surface area contributed by atoms with Gasteiger partial charge in [0.1, 0.15) is 19.3 Å². The average molecular weight is 1370 g/mol. The Labute approximate surface area is 568 Å². The van der Waals surface area contributed by atoms with E-state index in [2.05, 4.69) is 48.5 Å². The quantitative estimate of drug-likeness (QED) is 0.0222. The Kier molecular flexibility index (Phi) is 63.4. The first-order valence-electron chi connectivity index (χ1n) is 38.3. The summed E-state index contributed by atoms with van der Waals surface area (Å²) in [5.41, 5.74) is 0. The number of rotatable bonds is 72. The highest BCUT2D eigenvalue weighted by Gasteiger charge is 2.30. The summed E-state index contributed by atoms with van der Waals surface area (Å²) in [6.07, 6.45) is 50.2. The van der Waals surface area contributed by atoms with Crippen LogP contribution in [0.2, 0.25) is 0 Å². The smallest absolute Gasteiger partial charge is 0.462 e. The summed E-state index contributed by atoms with van der Waals surface area (Å²) in [5, 5.41) is 10.6. The lowest BCUT2D eigenvalue weighted by Crippen LogP contribution is -2.30. The standard InChI is InChI=1S/C74H144O17P2/c1-8-9-10-11-31-41-48-55-71(76)84-61-69(91-74(79)58-51-44-37-30-29-34-40-47-54-67(6)7)63-88-92(80,81)86-59-68(75)60-87-93(82,83)89-64-70(62-85-72(77)56-49-42-35-27-23-20-16-18-22-26-33-39-46-53-66(4)5)90-73(78)57-50-43-36-28-24-19-15-13-12-14-17-21-25-32-38-45-52-65(2)3/h65-70,75H,8-64H2,1-7H3,(H,80,81)(H,82,83)/t68-,69+,70+/m0/s1. The molecule has 552 valence electrons. The van der Waals surface area contributed by atoms with Gasteiger partial charge in [0.2, 0.25) is 0 Å². The number of aliphatic hydroxyl groups excluding tert-OH is 1. The van der Waals surface area contributed by atoms with Crippen LogP contribution in [0.1, 0.15) is 376 Å². The van der Waals surface area contributed by atoms with Gasteiger partial charge in [0.15, 0.2) is 12.2 Å². The number of phosphoric acid groups is 2. The summed E-state index contributed by atoms with van der Waals surface area (Å²) in [6.45, 7) is 11.8. The molecule has 0 saturated carbocycles. The molecule has 0 aromatic carbocycles. The molecule has 19 heteroatoms. The van der Waals surface area contributed by atoms with Crippen molar-refractivity contribution in [2.45, 2.75) is 394 Å². The summed E-state index contributed by atoms with van der Waals surface area (Å²) in [7, 11) is -9.90. The first-order chi connectivity index (χ1) is 44.7. The fourth-order valence-electron chi connectivity index (χ4n) is 11.2. The molecule has 0 spiro atoms. The minimum Gasteiger partial charge on any atom is -0.462 e. The minimum absolute atomic E-state index is 0.104. The van der Waals surface area contributed by atoms with E-state index >= 15 is 0 Å². The molecule has 0 heterocycles. The molecule has 0 amide bonds. The van der Waals surface area contributed by atoms with Crippen molar-refractivity contribution in [3.8, 4) is 0 Å². The molecule has 0 aliphatic heterocycles. The fourth-order valence-corrected chi connectivity index (χ4v) is 12.8. The zero-order valence-electron chi connectivity index (χ0n) is 60.7. The van der Waals surface area contributed by atoms with Gasteiger partial charge >= 0.3 is 39.5 Å². The lowest BCUT2D eigenvalue weighted by Gasteiger charge is -2.21. The van der Waals surface area contributed by atoms with Gasteiger partial charge in [0.25, 0.3) is 0 Å². The van der Waals surface area contributed by atoms with Crippen LogP contribution in [-0.4, -0.2) is 96.7 Å². The number of aliphatic hydroxyl groups is 1. The third-order valence-electron chi connectivity index (χ3n) is 17.1. The normalized spacial score (nSPS) is 14.1. The van der Waals surface area contributed by atoms with Crippen LogP contribution in [0.3, 0.4) is 0 Å². The van der Waals surface area contributed by atoms with Crippen LogP contribution in [0.4, 0.5) is 0 Å². The summed E-state index contributed by atoms with van der Waals surface area (Å²) in [4.78, 5) is 72.6. The van der Waals surface area contributed by atoms with E-state index in [4.69, 9.17) is 37.0 Å². The largest absolute Gasteiger partial charge is 0.472 e. The highest BCUT2D eigenvalue weighted by molar-refractivity contribution is 7.47. The maximum Gasteiger partial charge on any atom is 0.472 e. The van der Waals surface area contributed by atoms with Crippen molar-refractivity contribution in [2.24, 2.45) is 17.8 Å². The fraction of sp³-hybridized carbons (Fsp3) is 0.946. The first-order valence-corrected chi connectivity index (χ1v) is 41.3.